The fourth-order valence-corrected chi connectivity index (χ4v) is 5.39. The number of esters is 1. The third-order valence-electron chi connectivity index (χ3n) is 8.68. The number of carboxylic acids is 4. The van der Waals surface area contributed by atoms with Gasteiger partial charge in [-0.25, -0.2) is 19.2 Å². The van der Waals surface area contributed by atoms with Crippen molar-refractivity contribution >= 4 is 47.2 Å². The minimum absolute atomic E-state index is 0. The maximum atomic E-state index is 12.2. The number of benzene rings is 6. The van der Waals surface area contributed by atoms with Crippen LogP contribution in [0, 0.1) is 0 Å². The second-order valence-electron chi connectivity index (χ2n) is 13.0. The van der Waals surface area contributed by atoms with Gasteiger partial charge in [-0.05, 0) is 104 Å². The zero-order chi connectivity index (χ0) is 48.8. The van der Waals surface area contributed by atoms with Gasteiger partial charge >= 0.3 is 53.4 Å². The number of Topliss-reactive ketones (excluding diaryl/α,β-unsaturated/α-hetero) is 1. The SMILES string of the molecule is C.CC(=O)c1ccccc1C(=O)O.COc1ccc(C(=O)/C=C/C(=O)O)cc1.COc1ccc(C(=O)c2ccccc2C(=O)[O-])cc1.COc1ccc(OC(=O)c2ccccc2C(=O)O)cc1.[Na+]. The maximum Gasteiger partial charge on any atom is 1.00 e. The van der Waals surface area contributed by atoms with E-state index in [1.54, 1.807) is 109 Å². The van der Waals surface area contributed by atoms with E-state index in [2.05, 4.69) is 0 Å². The molecule has 16 nitrogen and oxygen atoms in total. The summed E-state index contributed by atoms with van der Waals surface area (Å²) in [5.74, 6) is -4.17. The van der Waals surface area contributed by atoms with Gasteiger partial charge in [-0.1, -0.05) is 62.0 Å². The van der Waals surface area contributed by atoms with Crippen LogP contribution in [0.1, 0.15) is 92.4 Å². The predicted octanol–water partition coefficient (Wildman–Crippen LogP) is 4.65. The number of carbonyl (C=O) groups excluding carboxylic acids is 5. The van der Waals surface area contributed by atoms with Gasteiger partial charge in [0.25, 0.3) is 0 Å². The molecule has 0 spiro atoms. The number of aliphatic carboxylic acids is 1. The molecule has 0 amide bonds. The molecule has 0 aliphatic carbocycles. The van der Waals surface area contributed by atoms with Crippen molar-refractivity contribution < 1.29 is 107 Å². The van der Waals surface area contributed by atoms with Crippen molar-refractivity contribution in [2.45, 2.75) is 14.4 Å². The largest absolute Gasteiger partial charge is 1.00 e. The predicted molar refractivity (Wildman–Crippen MR) is 243 cm³/mol. The Balaban J connectivity index is 0.000000457. The van der Waals surface area contributed by atoms with Crippen LogP contribution in [0.15, 0.2) is 158 Å². The quantitative estimate of drug-likeness (QED) is 0.0442. The number of rotatable bonds is 14. The van der Waals surface area contributed by atoms with E-state index in [1.807, 2.05) is 0 Å². The first-order valence-electron chi connectivity index (χ1n) is 19.1. The molecule has 0 bridgehead atoms. The third kappa shape index (κ3) is 18.0. The van der Waals surface area contributed by atoms with Crippen LogP contribution in [0.25, 0.3) is 0 Å². The van der Waals surface area contributed by atoms with Crippen molar-refractivity contribution in [2.75, 3.05) is 21.3 Å². The molecule has 0 heterocycles. The summed E-state index contributed by atoms with van der Waals surface area (Å²) in [6, 6.07) is 37.4. The normalized spacial score (nSPS) is 9.59. The molecule has 0 aromatic heterocycles. The Bertz CT molecular complexity index is 2670. The van der Waals surface area contributed by atoms with Crippen molar-refractivity contribution in [3.05, 3.63) is 202 Å². The molecule has 0 fully saturated rings. The van der Waals surface area contributed by atoms with Gasteiger partial charge in [0.15, 0.2) is 17.3 Å². The van der Waals surface area contributed by atoms with Crippen LogP contribution in [0.5, 0.6) is 23.0 Å². The topological polar surface area (TPSA) is 257 Å². The second-order valence-corrected chi connectivity index (χ2v) is 13.0. The van der Waals surface area contributed by atoms with E-state index >= 15 is 0 Å². The van der Waals surface area contributed by atoms with E-state index in [4.69, 9.17) is 34.3 Å². The number of ether oxygens (including phenoxy) is 4. The molecular weight excluding hydrogens is 892 g/mol. The number of hydrogen-bond donors (Lipinski definition) is 3. The first-order chi connectivity index (χ1) is 31.5. The summed E-state index contributed by atoms with van der Waals surface area (Å²) in [7, 11) is 4.59. The third-order valence-corrected chi connectivity index (χ3v) is 8.68. The van der Waals surface area contributed by atoms with E-state index in [0.29, 0.717) is 34.1 Å². The van der Waals surface area contributed by atoms with Crippen molar-refractivity contribution in [1.82, 2.24) is 0 Å². The van der Waals surface area contributed by atoms with Crippen LogP contribution >= 0.6 is 0 Å². The van der Waals surface area contributed by atoms with Gasteiger partial charge in [0.05, 0.1) is 44.0 Å². The fraction of sp³-hybridized carbons (Fsp3) is 0.0980. The van der Waals surface area contributed by atoms with Crippen LogP contribution in [0.2, 0.25) is 0 Å². The number of methoxy groups -OCH3 is 3. The molecule has 68 heavy (non-hydrogen) atoms. The minimum atomic E-state index is -1.36. The van der Waals surface area contributed by atoms with E-state index < -0.39 is 29.8 Å². The monoisotopic (exact) mass is 936 g/mol. The Morgan fingerprint density at radius 2 is 0.809 bits per heavy atom. The molecule has 6 aromatic rings. The number of aromatic carboxylic acids is 3. The number of allylic oxidation sites excluding steroid dienone is 1. The van der Waals surface area contributed by atoms with Gasteiger partial charge in [0.2, 0.25) is 0 Å². The molecule has 0 unspecified atom stereocenters. The smallest absolute Gasteiger partial charge is 0.545 e. The fourth-order valence-electron chi connectivity index (χ4n) is 5.39. The number of hydrogen-bond acceptors (Lipinski definition) is 13. The van der Waals surface area contributed by atoms with Crippen molar-refractivity contribution in [2.24, 2.45) is 0 Å². The Labute approximate surface area is 413 Å². The summed E-state index contributed by atoms with van der Waals surface area (Å²) in [6.45, 7) is 1.35. The van der Waals surface area contributed by atoms with E-state index in [1.165, 1.54) is 64.7 Å². The average Bonchev–Trinajstić information content (AvgIpc) is 3.33. The zero-order valence-electron chi connectivity index (χ0n) is 36.7. The first-order valence-corrected chi connectivity index (χ1v) is 19.1. The Morgan fingerprint density at radius 3 is 1.19 bits per heavy atom. The number of ketones is 3. The molecule has 0 aliphatic rings. The first kappa shape index (κ1) is 57.8. The standard InChI is InChI=1S/C15H12O5.C15H12O4.C11H10O4.C9H8O3.CH4.Na/c1-19-10-6-8-11(9-7-10)20-15(18)13-5-3-2-4-12(13)14(16)17;1-19-11-8-6-10(7-9-11)14(16)12-4-2-3-5-13(12)15(17)18;1-15-9-4-2-8(3-5-9)10(12)6-7-11(13)14;1-6(10)7-4-2-3-5-8(7)9(11)12;;/h2-9H,1H3,(H,16,17);2-9H,1H3,(H,17,18);2-7H,1H3,(H,13,14);2-5H,1H3,(H,11,12);1H4;/q;;;;;+1/p-1/b;;7-6+;;;. The molecule has 0 radical (unpaired) electrons. The number of carboxylic acid groups (broad SMARTS) is 4. The molecule has 17 heteroatoms. The minimum Gasteiger partial charge on any atom is -0.545 e. The van der Waals surface area contributed by atoms with Crippen molar-refractivity contribution in [3.8, 4) is 23.0 Å². The summed E-state index contributed by atoms with van der Waals surface area (Å²) in [6.07, 6.45) is 1.83. The summed E-state index contributed by atoms with van der Waals surface area (Å²) in [5, 5.41) is 37.0. The molecule has 0 atom stereocenters. The second kappa shape index (κ2) is 29.4. The molecule has 346 valence electrons. The van der Waals surface area contributed by atoms with Gasteiger partial charge in [-0.2, -0.15) is 0 Å². The van der Waals surface area contributed by atoms with Crippen LogP contribution in [-0.2, 0) is 4.79 Å². The van der Waals surface area contributed by atoms with Gasteiger partial charge < -0.3 is 44.2 Å². The molecule has 3 N–H and O–H groups in total. The van der Waals surface area contributed by atoms with Crippen LogP contribution < -0.4 is 53.6 Å². The zero-order valence-corrected chi connectivity index (χ0v) is 38.7. The maximum absolute atomic E-state index is 12.2. The Kier molecular flexibility index (Phi) is 25.0. The van der Waals surface area contributed by atoms with E-state index in [9.17, 15) is 43.5 Å². The van der Waals surface area contributed by atoms with Gasteiger partial charge in [0.1, 0.15) is 23.0 Å². The molecule has 0 saturated heterocycles. The van der Waals surface area contributed by atoms with Crippen LogP contribution in [-0.4, -0.2) is 83.8 Å². The van der Waals surface area contributed by atoms with Crippen LogP contribution in [0.4, 0.5) is 0 Å². The van der Waals surface area contributed by atoms with Gasteiger partial charge in [0, 0.05) is 33.9 Å². The molecule has 6 aromatic carbocycles. The Morgan fingerprint density at radius 1 is 0.456 bits per heavy atom. The van der Waals surface area contributed by atoms with Gasteiger partial charge in [-0.15, -0.1) is 0 Å². The summed E-state index contributed by atoms with van der Waals surface area (Å²) in [4.78, 5) is 89.2. The molecular formula is C51H45NaO16. The Hall–Kier alpha value is -8.18. The average molecular weight is 937 g/mol. The van der Waals surface area contributed by atoms with E-state index in [-0.39, 0.29) is 87.7 Å². The number of carbonyl (C=O) groups is 8. The summed E-state index contributed by atoms with van der Waals surface area (Å²) >= 11 is 0. The van der Waals surface area contributed by atoms with Crippen LogP contribution in [0.3, 0.4) is 0 Å². The molecule has 0 aliphatic heterocycles. The van der Waals surface area contributed by atoms with Crippen molar-refractivity contribution in [1.29, 1.82) is 0 Å². The molecule has 0 saturated carbocycles. The summed E-state index contributed by atoms with van der Waals surface area (Å²) < 4.78 is 20.0. The molecule has 6 rings (SSSR count). The van der Waals surface area contributed by atoms with E-state index in [0.717, 1.165) is 12.2 Å². The summed E-state index contributed by atoms with van der Waals surface area (Å²) in [5.41, 5.74) is 1.07. The van der Waals surface area contributed by atoms with Gasteiger partial charge in [-0.3, -0.25) is 14.4 Å². The van der Waals surface area contributed by atoms with Crippen molar-refractivity contribution in [3.63, 3.8) is 0 Å².